The Hall–Kier alpha value is -13.5. The van der Waals surface area contributed by atoms with Gasteiger partial charge in [-0.25, -0.2) is 0 Å². The molecule has 780 valence electrons. The summed E-state index contributed by atoms with van der Waals surface area (Å²) in [7, 11) is 1.19. The van der Waals surface area contributed by atoms with E-state index >= 15 is 33.6 Å². The van der Waals surface area contributed by atoms with Gasteiger partial charge in [-0.15, -0.1) is 11.8 Å². The van der Waals surface area contributed by atoms with Gasteiger partial charge in [-0.3, -0.25) is 91.3 Å². The first-order chi connectivity index (χ1) is 67.9. The molecule has 0 radical (unpaired) electrons. The normalized spacial score (nSPS) is 23.7. The Labute approximate surface area is 832 Å². The summed E-state index contributed by atoms with van der Waals surface area (Å²) >= 11 is 0.694. The number of pyridine rings is 1. The topological polar surface area (TPSA) is 668 Å². The molecule has 2 aliphatic rings. The van der Waals surface area contributed by atoms with Crippen LogP contribution in [0.25, 0.3) is 11.1 Å². The third-order valence-corrected chi connectivity index (χ3v) is 25.4. The molecule has 1 saturated heterocycles. The summed E-state index contributed by atoms with van der Waals surface area (Å²) in [5, 5.41) is 46.6. The summed E-state index contributed by atoms with van der Waals surface area (Å²) in [5.41, 5.74) is 36.8. The molecular formula is C98H137F3N22O19S. The number of hydrogen-bond acceptors (Lipinski definition) is 24. The number of amides is 17. The number of carboxylic acid groups (broad SMARTS) is 1. The molecule has 7 rings (SSSR count). The summed E-state index contributed by atoms with van der Waals surface area (Å²) < 4.78 is 43.8. The molecule has 1 saturated carbocycles. The second-order valence-electron chi connectivity index (χ2n) is 36.7. The van der Waals surface area contributed by atoms with Crippen LogP contribution in [-0.2, 0) is 118 Å². The van der Waals surface area contributed by atoms with Crippen LogP contribution in [0.3, 0.4) is 0 Å². The number of carbonyl (C=O) groups excluding carboxylic acids is 17. The highest BCUT2D eigenvalue weighted by Crippen LogP contribution is 2.31. The molecule has 45 heteroatoms. The van der Waals surface area contributed by atoms with Gasteiger partial charge in [0, 0.05) is 56.9 Å². The number of aliphatic carboxylic acids is 1. The van der Waals surface area contributed by atoms with Crippen LogP contribution < -0.4 is 109 Å². The van der Waals surface area contributed by atoms with Crippen molar-refractivity contribution in [3.05, 3.63) is 162 Å². The molecule has 1 aliphatic carbocycles. The van der Waals surface area contributed by atoms with Crippen LogP contribution >= 0.6 is 11.8 Å². The zero-order chi connectivity index (χ0) is 105. The molecule has 0 bridgehead atoms. The molecule has 2 heterocycles. The van der Waals surface area contributed by atoms with Crippen molar-refractivity contribution in [3.8, 4) is 11.1 Å². The van der Waals surface area contributed by atoms with Gasteiger partial charge in [0.1, 0.15) is 90.6 Å². The van der Waals surface area contributed by atoms with Crippen molar-refractivity contribution in [3.63, 3.8) is 0 Å². The minimum absolute atomic E-state index is 0.0344. The molecular weight excluding hydrogens is 1880 g/mol. The highest BCUT2D eigenvalue weighted by atomic mass is 32.2. The summed E-state index contributed by atoms with van der Waals surface area (Å²) in [6.07, 6.45) is -3.67. The van der Waals surface area contributed by atoms with E-state index in [0.29, 0.717) is 41.8 Å². The van der Waals surface area contributed by atoms with Gasteiger partial charge in [-0.05, 0) is 155 Å². The number of rotatable bonds is 31. The van der Waals surface area contributed by atoms with Gasteiger partial charge < -0.3 is 119 Å². The van der Waals surface area contributed by atoms with Crippen molar-refractivity contribution in [2.24, 2.45) is 52.2 Å². The molecule has 16 atom stereocenters. The first-order valence-corrected chi connectivity index (χ1v) is 49.0. The van der Waals surface area contributed by atoms with Gasteiger partial charge >= 0.3 is 12.1 Å². The van der Waals surface area contributed by atoms with Crippen molar-refractivity contribution in [1.82, 2.24) is 84.3 Å². The number of alkyl halides is 3. The van der Waals surface area contributed by atoms with E-state index in [1.165, 1.54) is 51.5 Å². The monoisotopic (exact) mass is 2020 g/mol. The van der Waals surface area contributed by atoms with E-state index in [9.17, 15) is 71.0 Å². The number of likely N-dealkylation sites (N-methyl/N-ethyl adjacent to an activating group) is 1. The lowest BCUT2D eigenvalue weighted by Crippen LogP contribution is -2.62. The van der Waals surface area contributed by atoms with Crippen LogP contribution in [0.2, 0.25) is 0 Å². The number of hydrogen-bond donors (Lipinski definition) is 21. The highest BCUT2D eigenvalue weighted by Gasteiger charge is 2.42. The van der Waals surface area contributed by atoms with Gasteiger partial charge in [0.05, 0.1) is 17.7 Å². The standard InChI is InChI=1S/C98H137F3N22O19S/c1-54(2)44-71-88(133)111-69(39-42-104)87(132)116-73(46-59-22-13-9-14-23-59)93(138)122-81(55(3)4)95(140)112-67(29-18-40-102)85(130)120-77(94(139)109-66(38-41-103)83(107)128)52-143-53-79(125)121-82(56(5)105)96(141)119-75(49-62-25-19-43-108-51-62)91(136)118-76(50-80(126)127)92(137)117-74(48-61-24-17-28-65(45-61)98(99,100)101)89(134)110-68(35-32-58-20-11-8-12-21-58)86(131)115-72(47-60-30-33-64(34-31-60)63-26-15-10-16-27-63)90(135)113-70(36-37-78(106)124)97(142)123(7)57(6)84(129)114-71/h8,10-12,15-17,19-21,24-28,30-31,33-34,43,45,51,54-57,59,66-77,81-82H,9,13-14,18,22-23,29,32,35-42,44,46-50,52-53,102-105H2,1-7H3,(H2,106,124)(H2,107,128)(H,109,139)(H,110,134)(H,111,133)(H,112,140)(H,113,135)(H,114,129)(H,115,131)(H,116,132)(H,117,137)(H,118,136)(H,119,141)(H,120,130)(H,121,125)(H,122,138)(H,126,127)/t56-,57+,66+,67+,68+,69+,70+,71-,72+,73+,74+,75+,76+,77+,81+,82+/m1/s1. The summed E-state index contributed by atoms with van der Waals surface area (Å²) in [6.45, 7) is 8.81. The SMILES string of the molecule is CC(C)C[C@H]1NC(=O)[C@H](C)N(C)C(=O)[C@H](CCC(N)=O)NC(=O)[C@H](Cc2ccc(-c3ccccc3)cc2)NC(=O)[C@H](CCc2ccccc2)NC(=O)[C@H](Cc2cccc(C(F)(F)F)c2)NC(=O)[C@H](CC(=O)O)NC(=O)[C@H](Cc2cccnc2)NC(=O)[C@H]([C@@H](C)N)NC(=O)CSC[C@@H](C(=O)N[C@@H](CCN)C(N)=O)NC(=O)[C@H](CCCN)NC(=O)[C@H](C(C)C)NC(=O)[C@H](CC2CCCCC2)NC(=O)[C@H](CCN)NC1=O. The molecule has 0 unspecified atom stereocenters. The zero-order valence-corrected chi connectivity index (χ0v) is 82.2. The van der Waals surface area contributed by atoms with Crippen LogP contribution in [-0.4, -0.2) is 256 Å². The Kier molecular flexibility index (Phi) is 47.3. The largest absolute Gasteiger partial charge is 0.481 e. The summed E-state index contributed by atoms with van der Waals surface area (Å²) in [4.78, 5) is 268. The van der Waals surface area contributed by atoms with Crippen molar-refractivity contribution >= 4 is 118 Å². The second-order valence-corrected chi connectivity index (χ2v) is 37.8. The van der Waals surface area contributed by atoms with E-state index in [2.05, 4.69) is 79.4 Å². The Morgan fingerprint density at radius 1 is 0.503 bits per heavy atom. The number of nitrogens with one attached hydrogen (secondary N) is 14. The molecule has 143 heavy (non-hydrogen) atoms. The second kappa shape index (κ2) is 58.1. The molecule has 4 aromatic carbocycles. The number of aromatic nitrogens is 1. The van der Waals surface area contributed by atoms with Crippen LogP contribution in [0.1, 0.15) is 166 Å². The van der Waals surface area contributed by atoms with E-state index in [1.54, 1.807) is 82.3 Å². The number of thioether (sulfide) groups is 1. The van der Waals surface area contributed by atoms with Gasteiger partial charge in [-0.1, -0.05) is 169 Å². The minimum atomic E-state index is -4.99. The summed E-state index contributed by atoms with van der Waals surface area (Å²) in [5.74, 6) is -22.2. The minimum Gasteiger partial charge on any atom is -0.481 e. The number of halogens is 3. The van der Waals surface area contributed by atoms with Gasteiger partial charge in [0.25, 0.3) is 0 Å². The molecule has 17 amide bonds. The summed E-state index contributed by atoms with van der Waals surface area (Å²) in [6, 6.07) is 4.08. The predicted octanol–water partition coefficient (Wildman–Crippen LogP) is -0.509. The first-order valence-electron chi connectivity index (χ1n) is 47.8. The quantitative estimate of drug-likeness (QED) is 0.0266. The molecule has 0 spiro atoms. The van der Waals surface area contributed by atoms with Crippen molar-refractivity contribution in [1.29, 1.82) is 0 Å². The van der Waals surface area contributed by atoms with E-state index in [4.69, 9.17) is 34.4 Å². The highest BCUT2D eigenvalue weighted by molar-refractivity contribution is 8.00. The molecule has 1 aliphatic heterocycles. The first kappa shape index (κ1) is 116. The maximum absolute atomic E-state index is 15.6. The lowest BCUT2D eigenvalue weighted by atomic mass is 9.84. The predicted molar refractivity (Wildman–Crippen MR) is 525 cm³/mol. The molecule has 41 nitrogen and oxygen atoms in total. The fourth-order valence-corrected chi connectivity index (χ4v) is 17.1. The van der Waals surface area contributed by atoms with E-state index < -0.39 is 271 Å². The number of carboxylic acids is 1. The number of aryl methyl sites for hydroxylation is 1. The van der Waals surface area contributed by atoms with Crippen molar-refractivity contribution in [2.75, 3.05) is 38.2 Å². The Balaban J connectivity index is 1.36. The average molecular weight is 2020 g/mol. The van der Waals surface area contributed by atoms with Crippen molar-refractivity contribution < 1.29 is 105 Å². The van der Waals surface area contributed by atoms with Gasteiger partial charge in [-0.2, -0.15) is 13.2 Å². The number of nitrogens with zero attached hydrogens (tertiary/aromatic N) is 2. The number of primary amides is 2. The lowest BCUT2D eigenvalue weighted by molar-refractivity contribution is -0.143. The smallest absolute Gasteiger partial charge is 0.416 e. The molecule has 5 aromatic rings. The van der Waals surface area contributed by atoms with E-state index in [-0.39, 0.29) is 94.0 Å². The van der Waals surface area contributed by atoms with Crippen LogP contribution in [0, 0.1) is 17.8 Å². The van der Waals surface area contributed by atoms with Gasteiger partial charge in [0.2, 0.25) is 100 Å². The number of nitrogens with two attached hydrogens (primary N) is 6. The maximum atomic E-state index is 15.6. The number of benzene rings is 4. The molecule has 2 fully saturated rings. The Bertz CT molecular complexity index is 5150. The van der Waals surface area contributed by atoms with Crippen LogP contribution in [0.5, 0.6) is 0 Å². The van der Waals surface area contributed by atoms with Crippen LogP contribution in [0.4, 0.5) is 13.2 Å². The Morgan fingerprint density at radius 3 is 1.56 bits per heavy atom. The fourth-order valence-electron chi connectivity index (χ4n) is 16.3. The molecule has 1 aromatic heterocycles. The zero-order valence-electron chi connectivity index (χ0n) is 81.3. The van der Waals surface area contributed by atoms with Crippen LogP contribution in [0.15, 0.2) is 134 Å². The van der Waals surface area contributed by atoms with E-state index in [1.807, 2.05) is 30.3 Å². The number of carbonyl (C=O) groups is 18. The third-order valence-electron chi connectivity index (χ3n) is 24.4. The Morgan fingerprint density at radius 2 is 1.00 bits per heavy atom. The average Bonchev–Trinajstić information content (AvgIpc) is 0.835. The van der Waals surface area contributed by atoms with Crippen molar-refractivity contribution in [2.45, 2.75) is 266 Å². The van der Waals surface area contributed by atoms with E-state index in [0.717, 1.165) is 47.4 Å². The third kappa shape index (κ3) is 38.7. The molecule has 27 N–H and O–H groups in total. The fraction of sp³-hybridized carbons (Fsp3) is 0.520. The lowest BCUT2D eigenvalue weighted by Gasteiger charge is -2.32. The maximum Gasteiger partial charge on any atom is 0.416 e. The van der Waals surface area contributed by atoms with Gasteiger partial charge in [0.15, 0.2) is 0 Å².